The number of hydrogen-bond donors (Lipinski definition) is 1. The number of aromatic nitrogens is 1. The van der Waals surface area contributed by atoms with Crippen molar-refractivity contribution in [2.24, 2.45) is 5.92 Å². The summed E-state index contributed by atoms with van der Waals surface area (Å²) in [5.74, 6) is -2.44. The Kier molecular flexibility index (Phi) is 6.94. The number of carbonyl (C=O) groups is 1. The predicted molar refractivity (Wildman–Crippen MR) is 93.5 cm³/mol. The van der Waals surface area contributed by atoms with Gasteiger partial charge in [-0.25, -0.2) is 9.78 Å². The number of aromatic carboxylic acids is 1. The first-order valence-corrected chi connectivity index (χ1v) is 10.0. The predicted octanol–water partition coefficient (Wildman–Crippen LogP) is 4.17. The van der Waals surface area contributed by atoms with Crippen molar-refractivity contribution in [3.8, 4) is 0 Å². The Bertz CT molecular complexity index is 694. The zero-order valence-electron chi connectivity index (χ0n) is 15.3. The molecule has 1 aliphatic carbocycles. The van der Waals surface area contributed by atoms with Crippen LogP contribution in [0.1, 0.15) is 41.8 Å². The van der Waals surface area contributed by atoms with Crippen LogP contribution in [0, 0.1) is 5.92 Å². The van der Waals surface area contributed by atoms with Gasteiger partial charge in [-0.3, -0.25) is 0 Å². The van der Waals surface area contributed by atoms with Crippen LogP contribution in [0.4, 0.5) is 27.1 Å². The molecule has 1 saturated heterocycles. The van der Waals surface area contributed by atoms with E-state index < -0.39 is 30.7 Å². The molecule has 2 heterocycles. The molecule has 1 aliphatic heterocycles. The van der Waals surface area contributed by atoms with E-state index >= 15 is 0 Å². The molecule has 0 bridgehead atoms. The fraction of sp³-hybridized carbons (Fsp3) is 0.765. The summed E-state index contributed by atoms with van der Waals surface area (Å²) >= 11 is 0.919. The Hall–Kier alpha value is -1.53. The van der Waals surface area contributed by atoms with Gasteiger partial charge >= 0.3 is 18.8 Å². The van der Waals surface area contributed by atoms with Crippen molar-refractivity contribution in [2.75, 3.05) is 18.1 Å². The van der Waals surface area contributed by atoms with Crippen molar-refractivity contribution >= 4 is 22.4 Å². The lowest BCUT2D eigenvalue weighted by molar-refractivity contribution is -0.189. The largest absolute Gasteiger partial charge is 0.477 e. The monoisotopic (exact) mass is 444 g/mol. The molecule has 12 heteroatoms. The summed E-state index contributed by atoms with van der Waals surface area (Å²) in [6.07, 6.45) is -2.76. The highest BCUT2D eigenvalue weighted by molar-refractivity contribution is 7.17. The van der Waals surface area contributed by atoms with Crippen LogP contribution < -0.4 is 4.90 Å². The normalized spacial score (nSPS) is 28.3. The summed E-state index contributed by atoms with van der Waals surface area (Å²) in [5.41, 5.74) is 0. The number of ether oxygens (including phenoxy) is 2. The van der Waals surface area contributed by atoms with Crippen LogP contribution in [0.25, 0.3) is 0 Å². The molecule has 2 fully saturated rings. The standard InChI is InChI=1S/C17H21F5N2O4S/c18-15(19)27-8-10-5-12(7-24(10)16-23-6-13(29-16)14(25)26)28-11-3-1-9(2-4-11)17(20,21)22/h6,9-12,15H,1-5,7-8H2,(H,25,26)/t9?,10-,11?,12-/m0/s1. The third-order valence-electron chi connectivity index (χ3n) is 5.26. The van der Waals surface area contributed by atoms with E-state index in [1.54, 1.807) is 4.90 Å². The lowest BCUT2D eigenvalue weighted by atomic mass is 9.87. The van der Waals surface area contributed by atoms with Crippen molar-refractivity contribution in [1.82, 2.24) is 4.98 Å². The molecule has 6 nitrogen and oxygen atoms in total. The number of anilines is 1. The second-order valence-electron chi connectivity index (χ2n) is 7.22. The van der Waals surface area contributed by atoms with E-state index in [1.807, 2.05) is 0 Å². The first-order valence-electron chi connectivity index (χ1n) is 9.21. The average molecular weight is 444 g/mol. The molecule has 0 amide bonds. The van der Waals surface area contributed by atoms with Crippen molar-refractivity contribution in [3.05, 3.63) is 11.1 Å². The van der Waals surface area contributed by atoms with Gasteiger partial charge in [-0.05, 0) is 32.1 Å². The third-order valence-corrected chi connectivity index (χ3v) is 6.29. The highest BCUT2D eigenvalue weighted by atomic mass is 32.1. The Labute approximate surface area is 167 Å². The van der Waals surface area contributed by atoms with E-state index in [0.29, 0.717) is 24.4 Å². The average Bonchev–Trinajstić information content (AvgIpc) is 3.26. The molecule has 29 heavy (non-hydrogen) atoms. The van der Waals surface area contributed by atoms with E-state index in [2.05, 4.69) is 9.72 Å². The Balaban J connectivity index is 1.61. The van der Waals surface area contributed by atoms with Gasteiger partial charge in [0.05, 0.1) is 37.0 Å². The van der Waals surface area contributed by atoms with Gasteiger partial charge in [-0.1, -0.05) is 11.3 Å². The van der Waals surface area contributed by atoms with E-state index in [-0.39, 0.29) is 43.1 Å². The summed E-state index contributed by atoms with van der Waals surface area (Å²) in [6, 6.07) is -0.492. The number of alkyl halides is 5. The van der Waals surface area contributed by atoms with Gasteiger partial charge in [-0.2, -0.15) is 22.0 Å². The van der Waals surface area contributed by atoms with Crippen molar-refractivity contribution in [1.29, 1.82) is 0 Å². The first kappa shape index (κ1) is 22.2. The van der Waals surface area contributed by atoms with Crippen LogP contribution in [-0.2, 0) is 9.47 Å². The van der Waals surface area contributed by atoms with E-state index in [0.717, 1.165) is 11.3 Å². The molecule has 1 N–H and O–H groups in total. The summed E-state index contributed by atoms with van der Waals surface area (Å²) in [4.78, 5) is 16.8. The molecule has 1 saturated carbocycles. The maximum Gasteiger partial charge on any atom is 0.391 e. The van der Waals surface area contributed by atoms with Gasteiger partial charge in [0, 0.05) is 6.54 Å². The molecular weight excluding hydrogens is 423 g/mol. The van der Waals surface area contributed by atoms with Crippen LogP contribution >= 0.6 is 11.3 Å². The Morgan fingerprint density at radius 2 is 1.97 bits per heavy atom. The second-order valence-corrected chi connectivity index (χ2v) is 8.23. The zero-order valence-corrected chi connectivity index (χ0v) is 16.1. The van der Waals surface area contributed by atoms with Crippen LogP contribution in [0.5, 0.6) is 0 Å². The molecule has 0 unspecified atom stereocenters. The molecule has 164 valence electrons. The minimum atomic E-state index is -4.19. The number of carboxylic acids is 1. The number of halogens is 5. The van der Waals surface area contributed by atoms with Crippen molar-refractivity contribution < 1.29 is 41.3 Å². The molecule has 3 rings (SSSR count). The SMILES string of the molecule is O=C(O)c1cnc(N2C[C@@H](OC3CCC(C(F)(F)F)CC3)C[C@H]2COC(F)F)s1. The molecule has 1 aromatic rings. The summed E-state index contributed by atoms with van der Waals surface area (Å²) < 4.78 is 73.7. The minimum absolute atomic E-state index is 0.0109. The summed E-state index contributed by atoms with van der Waals surface area (Å²) in [6.45, 7) is -2.95. The number of hydrogen-bond acceptors (Lipinski definition) is 6. The van der Waals surface area contributed by atoms with Gasteiger partial charge in [0.15, 0.2) is 5.13 Å². The number of rotatable bonds is 7. The summed E-state index contributed by atoms with van der Waals surface area (Å²) in [5, 5.41) is 9.41. The maximum absolute atomic E-state index is 12.8. The lowest BCUT2D eigenvalue weighted by Crippen LogP contribution is -2.34. The molecule has 2 aliphatic rings. The molecule has 0 aromatic carbocycles. The van der Waals surface area contributed by atoms with Crippen LogP contribution in [-0.4, -0.2) is 60.2 Å². The van der Waals surface area contributed by atoms with Gasteiger partial charge in [0.2, 0.25) is 0 Å². The van der Waals surface area contributed by atoms with Gasteiger partial charge in [0.1, 0.15) is 4.88 Å². The number of nitrogens with zero attached hydrogens (tertiary/aromatic N) is 2. The number of carboxylic acid groups (broad SMARTS) is 1. The molecule has 0 spiro atoms. The van der Waals surface area contributed by atoms with Crippen LogP contribution in [0.15, 0.2) is 6.20 Å². The smallest absolute Gasteiger partial charge is 0.391 e. The molecule has 2 atom stereocenters. The minimum Gasteiger partial charge on any atom is -0.477 e. The Morgan fingerprint density at radius 3 is 2.52 bits per heavy atom. The molecule has 1 aromatic heterocycles. The quantitative estimate of drug-likeness (QED) is 0.637. The maximum atomic E-state index is 12.8. The fourth-order valence-corrected chi connectivity index (χ4v) is 4.68. The zero-order chi connectivity index (χ0) is 21.2. The molecule has 0 radical (unpaired) electrons. The van der Waals surface area contributed by atoms with Crippen molar-refractivity contribution in [3.63, 3.8) is 0 Å². The van der Waals surface area contributed by atoms with E-state index in [4.69, 9.17) is 9.84 Å². The van der Waals surface area contributed by atoms with E-state index in [9.17, 15) is 26.7 Å². The van der Waals surface area contributed by atoms with Crippen molar-refractivity contribution in [2.45, 2.75) is 63.1 Å². The van der Waals surface area contributed by atoms with E-state index in [1.165, 1.54) is 6.20 Å². The van der Waals surface area contributed by atoms with Crippen LogP contribution in [0.3, 0.4) is 0 Å². The van der Waals surface area contributed by atoms with Gasteiger partial charge in [0.25, 0.3) is 0 Å². The first-order chi connectivity index (χ1) is 13.6. The highest BCUT2D eigenvalue weighted by Gasteiger charge is 2.43. The molecular formula is C17H21F5N2O4S. The van der Waals surface area contributed by atoms with Gasteiger partial charge in [-0.15, -0.1) is 0 Å². The number of thiazole rings is 1. The topological polar surface area (TPSA) is 71.9 Å². The Morgan fingerprint density at radius 1 is 1.28 bits per heavy atom. The van der Waals surface area contributed by atoms with Crippen LogP contribution in [0.2, 0.25) is 0 Å². The highest BCUT2D eigenvalue weighted by Crippen LogP contribution is 2.39. The third kappa shape index (κ3) is 5.76. The summed E-state index contributed by atoms with van der Waals surface area (Å²) in [7, 11) is 0. The second kappa shape index (κ2) is 9.09. The van der Waals surface area contributed by atoms with Gasteiger partial charge < -0.3 is 19.5 Å². The fourth-order valence-electron chi connectivity index (χ4n) is 3.84. The lowest BCUT2D eigenvalue weighted by Gasteiger charge is -2.31.